The zero-order chi connectivity index (χ0) is 17.9. The smallest absolute Gasteiger partial charge is 0.414 e. The minimum Gasteiger partial charge on any atom is -0.465 e. The molecule has 136 valence electrons. The highest BCUT2D eigenvalue weighted by atomic mass is 16.4. The summed E-state index contributed by atoms with van der Waals surface area (Å²) in [4.78, 5) is 32.5. The fraction of sp³-hybridized carbons (Fsp3) is 0.833. The molecule has 0 unspecified atom stereocenters. The van der Waals surface area contributed by atoms with Gasteiger partial charge in [0.15, 0.2) is 5.78 Å². The molecule has 0 spiro atoms. The maximum atomic E-state index is 12.6. The quantitative estimate of drug-likeness (QED) is 0.853. The summed E-state index contributed by atoms with van der Waals surface area (Å²) in [5, 5.41) is 9.80. The average Bonchev–Trinajstić information content (AvgIpc) is 2.50. The van der Waals surface area contributed by atoms with Gasteiger partial charge in [-0.2, -0.15) is 0 Å². The number of carbonyl (C=O) groups is 2. The molecule has 1 aliphatic heterocycles. The van der Waals surface area contributed by atoms with Gasteiger partial charge in [-0.3, -0.25) is 4.79 Å². The number of carboxylic acid groups (broad SMARTS) is 1. The van der Waals surface area contributed by atoms with Crippen LogP contribution in [-0.2, 0) is 4.79 Å². The van der Waals surface area contributed by atoms with E-state index in [0.717, 1.165) is 25.7 Å². The number of rotatable bonds is 4. The number of amides is 1. The van der Waals surface area contributed by atoms with Crippen molar-refractivity contribution >= 4 is 17.8 Å². The first-order chi connectivity index (χ1) is 11.3. The summed E-state index contributed by atoms with van der Waals surface area (Å²) in [6.45, 7) is 8.24. The van der Waals surface area contributed by atoms with Crippen LogP contribution >= 0.6 is 0 Å². The van der Waals surface area contributed by atoms with Crippen molar-refractivity contribution in [2.45, 2.75) is 84.3 Å². The van der Waals surface area contributed by atoms with Gasteiger partial charge in [0.25, 0.3) is 0 Å². The Morgan fingerprint density at radius 1 is 1.21 bits per heavy atom. The molecular weight excluding hydrogens is 306 g/mol. The summed E-state index contributed by atoms with van der Waals surface area (Å²) in [7, 11) is 0. The van der Waals surface area contributed by atoms with Crippen LogP contribution in [0.2, 0.25) is 0 Å². The molecule has 1 aliphatic carbocycles. The van der Waals surface area contributed by atoms with Crippen LogP contribution in [0.1, 0.15) is 66.2 Å². The molecule has 0 aromatic carbocycles. The number of ketones is 1. The summed E-state index contributed by atoms with van der Waals surface area (Å²) in [6, 6.07) is -0.400. The molecule has 0 aromatic heterocycles. The number of guanidine groups is 1. The number of Topliss-reactive ketones (excluding diaryl/α,β-unsaturated/α-hetero) is 1. The molecule has 1 atom stereocenters. The van der Waals surface area contributed by atoms with E-state index in [0.29, 0.717) is 12.4 Å². The van der Waals surface area contributed by atoms with Gasteiger partial charge in [-0.15, -0.1) is 0 Å². The Balaban J connectivity index is 2.38. The van der Waals surface area contributed by atoms with Gasteiger partial charge in [-0.1, -0.05) is 33.1 Å². The number of carbonyl (C=O) groups excluding carboxylic acids is 1. The minimum absolute atomic E-state index is 0.0256. The van der Waals surface area contributed by atoms with Gasteiger partial charge in [0.2, 0.25) is 5.96 Å². The third-order valence-corrected chi connectivity index (χ3v) is 4.88. The number of hydrogen-bond acceptors (Lipinski definition) is 3. The maximum absolute atomic E-state index is 12.6. The van der Waals surface area contributed by atoms with Crippen LogP contribution in [0.3, 0.4) is 0 Å². The molecule has 2 aliphatic rings. The largest absolute Gasteiger partial charge is 0.465 e. The molecule has 0 radical (unpaired) electrons. The highest BCUT2D eigenvalue weighted by molar-refractivity contribution is 6.04. The van der Waals surface area contributed by atoms with E-state index in [4.69, 9.17) is 4.99 Å². The lowest BCUT2D eigenvalue weighted by Gasteiger charge is -2.43. The van der Waals surface area contributed by atoms with Gasteiger partial charge in [-0.25, -0.2) is 14.7 Å². The summed E-state index contributed by atoms with van der Waals surface area (Å²) in [6.07, 6.45) is 4.99. The van der Waals surface area contributed by atoms with Gasteiger partial charge in [-0.05, 0) is 39.0 Å². The van der Waals surface area contributed by atoms with E-state index >= 15 is 0 Å². The number of hydrogen-bond donors (Lipinski definition) is 1. The second-order valence-electron chi connectivity index (χ2n) is 7.71. The van der Waals surface area contributed by atoms with Crippen LogP contribution < -0.4 is 0 Å². The van der Waals surface area contributed by atoms with Gasteiger partial charge in [0.1, 0.15) is 6.04 Å². The van der Waals surface area contributed by atoms with Crippen LogP contribution in [0.5, 0.6) is 0 Å². The molecule has 1 N–H and O–H groups in total. The molecule has 1 saturated heterocycles. The molecule has 6 nitrogen and oxygen atoms in total. The van der Waals surface area contributed by atoms with E-state index in [1.54, 1.807) is 0 Å². The monoisotopic (exact) mass is 337 g/mol. The first-order valence-corrected chi connectivity index (χ1v) is 9.20. The molecular formula is C18H31N3O3. The maximum Gasteiger partial charge on any atom is 0.414 e. The Bertz CT molecular complexity index is 496. The number of nitrogens with zero attached hydrogens (tertiary/aromatic N) is 3. The molecule has 1 saturated carbocycles. The van der Waals surface area contributed by atoms with Crippen molar-refractivity contribution in [1.29, 1.82) is 0 Å². The zero-order valence-electron chi connectivity index (χ0n) is 15.4. The highest BCUT2D eigenvalue weighted by Crippen LogP contribution is 2.26. The van der Waals surface area contributed by atoms with Gasteiger partial charge >= 0.3 is 6.09 Å². The first kappa shape index (κ1) is 18.7. The normalized spacial score (nSPS) is 25.2. The second-order valence-corrected chi connectivity index (χ2v) is 7.71. The summed E-state index contributed by atoms with van der Waals surface area (Å²) < 4.78 is 0. The molecule has 1 amide bonds. The lowest BCUT2D eigenvalue weighted by Crippen LogP contribution is -2.63. The lowest BCUT2D eigenvalue weighted by molar-refractivity contribution is -0.126. The average molecular weight is 337 g/mol. The van der Waals surface area contributed by atoms with Gasteiger partial charge in [0, 0.05) is 6.04 Å². The fourth-order valence-corrected chi connectivity index (χ4v) is 3.59. The molecule has 2 rings (SSSR count). The fourth-order valence-electron chi connectivity index (χ4n) is 3.59. The molecule has 24 heavy (non-hydrogen) atoms. The van der Waals surface area contributed by atoms with Crippen LogP contribution in [0.15, 0.2) is 4.99 Å². The minimum atomic E-state index is -1.08. The van der Waals surface area contributed by atoms with Crippen molar-refractivity contribution in [2.75, 3.05) is 6.54 Å². The number of aliphatic imine (C=N–C) groups is 1. The SMILES string of the molecule is CC(C)C[C@H]1C(=O)CN(C(C)C)C(=NC2CCCCC2)N1C(=O)O. The van der Waals surface area contributed by atoms with Crippen molar-refractivity contribution in [3.63, 3.8) is 0 Å². The van der Waals surface area contributed by atoms with E-state index in [2.05, 4.69) is 0 Å². The van der Waals surface area contributed by atoms with E-state index in [1.165, 1.54) is 11.3 Å². The Morgan fingerprint density at radius 3 is 2.33 bits per heavy atom. The Labute approximate surface area is 144 Å². The van der Waals surface area contributed by atoms with Crippen molar-refractivity contribution in [2.24, 2.45) is 10.9 Å². The van der Waals surface area contributed by atoms with Crippen LogP contribution in [0.4, 0.5) is 4.79 Å². The third-order valence-electron chi connectivity index (χ3n) is 4.88. The van der Waals surface area contributed by atoms with E-state index in [9.17, 15) is 14.7 Å². The van der Waals surface area contributed by atoms with Crippen molar-refractivity contribution in [3.8, 4) is 0 Å². The molecule has 6 heteroatoms. The van der Waals surface area contributed by atoms with Gasteiger partial charge < -0.3 is 10.0 Å². The van der Waals surface area contributed by atoms with Crippen LogP contribution in [0, 0.1) is 5.92 Å². The lowest BCUT2D eigenvalue weighted by atomic mass is 9.95. The summed E-state index contributed by atoms with van der Waals surface area (Å²) >= 11 is 0. The Morgan fingerprint density at radius 2 is 1.83 bits per heavy atom. The zero-order valence-corrected chi connectivity index (χ0v) is 15.4. The predicted molar refractivity (Wildman–Crippen MR) is 94.3 cm³/mol. The van der Waals surface area contributed by atoms with Crippen LogP contribution in [0.25, 0.3) is 0 Å². The molecule has 1 heterocycles. The van der Waals surface area contributed by atoms with Gasteiger partial charge in [0.05, 0.1) is 12.6 Å². The standard InChI is InChI=1S/C18H31N3O3/c1-12(2)10-15-16(22)11-20(13(3)4)17(21(15)18(23)24)19-14-8-6-5-7-9-14/h12-15H,5-11H2,1-4H3,(H,23,24)/t15-/m0/s1. The topological polar surface area (TPSA) is 73.2 Å². The van der Waals surface area contributed by atoms with Crippen molar-refractivity contribution in [1.82, 2.24) is 9.80 Å². The molecule has 0 bridgehead atoms. The summed E-state index contributed by atoms with van der Waals surface area (Å²) in [5.41, 5.74) is 0. The second kappa shape index (κ2) is 7.99. The molecule has 0 aromatic rings. The van der Waals surface area contributed by atoms with E-state index in [-0.39, 0.29) is 30.3 Å². The predicted octanol–water partition coefficient (Wildman–Crippen LogP) is 3.36. The highest BCUT2D eigenvalue weighted by Gasteiger charge is 2.42. The van der Waals surface area contributed by atoms with E-state index < -0.39 is 12.1 Å². The van der Waals surface area contributed by atoms with Crippen molar-refractivity contribution < 1.29 is 14.7 Å². The third kappa shape index (κ3) is 4.28. The van der Waals surface area contributed by atoms with E-state index in [1.807, 2.05) is 32.6 Å². The molecule has 2 fully saturated rings. The van der Waals surface area contributed by atoms with Crippen molar-refractivity contribution in [3.05, 3.63) is 0 Å². The Hall–Kier alpha value is -1.59. The van der Waals surface area contributed by atoms with Crippen LogP contribution in [-0.4, -0.2) is 57.4 Å². The summed E-state index contributed by atoms with van der Waals surface area (Å²) in [5.74, 6) is 0.708. The first-order valence-electron chi connectivity index (χ1n) is 9.20. The Kier molecular flexibility index (Phi) is 6.24.